The van der Waals surface area contributed by atoms with E-state index in [2.05, 4.69) is 10.3 Å². The molecule has 0 unspecified atom stereocenters. The molecule has 2 heterocycles. The van der Waals surface area contributed by atoms with Gasteiger partial charge in [-0.25, -0.2) is 9.36 Å². The number of hydrogen-bond donors (Lipinski definition) is 1. The number of aryl methyl sites for hydroxylation is 1. The maximum absolute atomic E-state index is 13.2. The molecule has 0 spiro atoms. The van der Waals surface area contributed by atoms with E-state index in [4.69, 9.17) is 0 Å². The molecular weight excluding hydrogens is 425 g/mol. The zero-order valence-corrected chi connectivity index (χ0v) is 17.2. The third-order valence-corrected chi connectivity index (χ3v) is 4.79. The fourth-order valence-corrected chi connectivity index (χ4v) is 3.07. The fourth-order valence-electron chi connectivity index (χ4n) is 3.07. The van der Waals surface area contributed by atoms with E-state index in [1.165, 1.54) is 10.6 Å². The molecule has 2 aromatic heterocycles. The molecule has 0 aliphatic rings. The summed E-state index contributed by atoms with van der Waals surface area (Å²) in [5.74, 6) is -0.738. The Morgan fingerprint density at radius 2 is 1.84 bits per heavy atom. The lowest BCUT2D eigenvalue weighted by molar-refractivity contribution is -0.137. The van der Waals surface area contributed by atoms with E-state index < -0.39 is 28.9 Å². The van der Waals surface area contributed by atoms with Crippen LogP contribution in [0.25, 0.3) is 5.69 Å². The van der Waals surface area contributed by atoms with E-state index in [-0.39, 0.29) is 24.3 Å². The number of alkyl halides is 3. The van der Waals surface area contributed by atoms with Crippen LogP contribution in [0.2, 0.25) is 0 Å². The summed E-state index contributed by atoms with van der Waals surface area (Å²) < 4.78 is 41.3. The molecule has 10 heteroatoms. The number of unbranched alkanes of at least 4 members (excludes halogenated alkanes) is 1. The second-order valence-corrected chi connectivity index (χ2v) is 7.10. The molecule has 168 valence electrons. The van der Waals surface area contributed by atoms with Gasteiger partial charge in [0.1, 0.15) is 5.56 Å². The van der Waals surface area contributed by atoms with Gasteiger partial charge in [0.2, 0.25) is 0 Å². The van der Waals surface area contributed by atoms with Crippen molar-refractivity contribution < 1.29 is 18.0 Å². The van der Waals surface area contributed by atoms with Gasteiger partial charge >= 0.3 is 11.9 Å². The highest BCUT2D eigenvalue weighted by Crippen LogP contribution is 2.29. The Labute approximate surface area is 181 Å². The van der Waals surface area contributed by atoms with Crippen LogP contribution in [0.15, 0.2) is 64.6 Å². The van der Waals surface area contributed by atoms with Crippen molar-refractivity contribution in [1.82, 2.24) is 19.4 Å². The van der Waals surface area contributed by atoms with Crippen molar-refractivity contribution in [2.75, 3.05) is 0 Å². The third kappa shape index (κ3) is 5.13. The van der Waals surface area contributed by atoms with E-state index in [1.54, 1.807) is 24.5 Å². The number of carbonyl (C=O) groups excluding carboxylic acids is 1. The number of hydrogen-bond acceptors (Lipinski definition) is 4. The molecule has 1 N–H and O–H groups in total. The maximum atomic E-state index is 13.2. The number of halogens is 3. The fraction of sp³-hybridized carbons (Fsp3) is 0.273. The molecule has 0 aliphatic carbocycles. The van der Waals surface area contributed by atoms with Gasteiger partial charge in [-0.2, -0.15) is 13.2 Å². The van der Waals surface area contributed by atoms with E-state index in [0.717, 1.165) is 30.3 Å². The van der Waals surface area contributed by atoms with Crippen LogP contribution >= 0.6 is 0 Å². The van der Waals surface area contributed by atoms with Gasteiger partial charge in [0.15, 0.2) is 0 Å². The highest BCUT2D eigenvalue weighted by Gasteiger charge is 2.31. The average Bonchev–Trinajstić information content (AvgIpc) is 2.77. The first kappa shape index (κ1) is 23.0. The number of nitrogens with one attached hydrogen (secondary N) is 1. The van der Waals surface area contributed by atoms with Gasteiger partial charge in [-0.3, -0.25) is 19.1 Å². The molecule has 0 bridgehead atoms. The summed E-state index contributed by atoms with van der Waals surface area (Å²) in [6.07, 6.45) is 0.921. The van der Waals surface area contributed by atoms with Gasteiger partial charge < -0.3 is 5.32 Å². The summed E-state index contributed by atoms with van der Waals surface area (Å²) in [5, 5.41) is 2.60. The van der Waals surface area contributed by atoms with Gasteiger partial charge in [-0.05, 0) is 42.3 Å². The first-order valence-corrected chi connectivity index (χ1v) is 9.93. The lowest BCUT2D eigenvalue weighted by Crippen LogP contribution is -2.43. The Hall–Kier alpha value is -3.69. The highest BCUT2D eigenvalue weighted by molar-refractivity contribution is 5.93. The van der Waals surface area contributed by atoms with Crippen LogP contribution < -0.4 is 16.6 Å². The van der Waals surface area contributed by atoms with Gasteiger partial charge in [0.05, 0.1) is 11.3 Å². The second-order valence-electron chi connectivity index (χ2n) is 7.10. The number of benzene rings is 1. The molecule has 0 aliphatic heterocycles. The van der Waals surface area contributed by atoms with Crippen LogP contribution in [-0.2, 0) is 19.3 Å². The van der Waals surface area contributed by atoms with Crippen LogP contribution in [0, 0.1) is 0 Å². The Balaban J connectivity index is 2.08. The topological polar surface area (TPSA) is 86.0 Å². The molecule has 3 rings (SSSR count). The second kappa shape index (κ2) is 9.63. The summed E-state index contributed by atoms with van der Waals surface area (Å²) in [5.41, 5.74) is -2.67. The van der Waals surface area contributed by atoms with Gasteiger partial charge in [-0.15, -0.1) is 0 Å². The Morgan fingerprint density at radius 3 is 2.50 bits per heavy atom. The molecule has 0 saturated heterocycles. The van der Waals surface area contributed by atoms with Crippen molar-refractivity contribution in [3.8, 4) is 5.69 Å². The Morgan fingerprint density at radius 1 is 1.12 bits per heavy atom. The minimum Gasteiger partial charge on any atom is -0.348 e. The van der Waals surface area contributed by atoms with E-state index in [0.29, 0.717) is 17.1 Å². The third-order valence-electron chi connectivity index (χ3n) is 4.79. The molecule has 0 atom stereocenters. The van der Waals surface area contributed by atoms with Crippen LogP contribution in [0.4, 0.5) is 13.2 Å². The predicted molar refractivity (Wildman–Crippen MR) is 112 cm³/mol. The Bertz CT molecular complexity index is 1220. The Kier molecular flexibility index (Phi) is 6.92. The first-order valence-electron chi connectivity index (χ1n) is 9.93. The summed E-state index contributed by atoms with van der Waals surface area (Å²) in [4.78, 5) is 42.6. The minimum absolute atomic E-state index is 0.110. The number of rotatable bonds is 7. The first-order chi connectivity index (χ1) is 15.2. The normalized spacial score (nSPS) is 11.4. The minimum atomic E-state index is -4.65. The van der Waals surface area contributed by atoms with Gasteiger partial charge in [-0.1, -0.05) is 19.4 Å². The van der Waals surface area contributed by atoms with Crippen LogP contribution in [-0.4, -0.2) is 20.0 Å². The molecule has 0 radical (unpaired) electrons. The number of nitrogens with zero attached hydrogens (tertiary/aromatic N) is 3. The van der Waals surface area contributed by atoms with Crippen LogP contribution in [0.1, 0.15) is 41.3 Å². The zero-order valence-electron chi connectivity index (χ0n) is 17.2. The number of pyridine rings is 1. The average molecular weight is 446 g/mol. The molecule has 32 heavy (non-hydrogen) atoms. The lowest BCUT2D eigenvalue weighted by atomic mass is 10.2. The molecular formula is C22H21F3N4O3. The summed E-state index contributed by atoms with van der Waals surface area (Å²) in [6.45, 7) is 2.22. The number of aromatic nitrogens is 3. The number of carbonyl (C=O) groups is 1. The summed E-state index contributed by atoms with van der Waals surface area (Å²) >= 11 is 0. The summed E-state index contributed by atoms with van der Waals surface area (Å²) in [7, 11) is 0. The largest absolute Gasteiger partial charge is 0.416 e. The number of amides is 1. The standard InChI is InChI=1S/C22H21F3N4O3/c1-2-3-11-28-14-18(19(30)27-13-15-7-9-26-10-8-15)20(31)29(21(28)32)17-6-4-5-16(12-17)22(23,24)25/h4-10,12,14H,2-3,11,13H2,1H3,(H,27,30). The predicted octanol–water partition coefficient (Wildman–Crippen LogP) is 3.14. The molecule has 0 saturated carbocycles. The van der Waals surface area contributed by atoms with Crippen molar-refractivity contribution in [1.29, 1.82) is 0 Å². The monoisotopic (exact) mass is 446 g/mol. The van der Waals surface area contributed by atoms with Crippen LogP contribution in [0.5, 0.6) is 0 Å². The zero-order chi connectivity index (χ0) is 23.3. The maximum Gasteiger partial charge on any atom is 0.416 e. The lowest BCUT2D eigenvalue weighted by Gasteiger charge is -2.14. The smallest absolute Gasteiger partial charge is 0.348 e. The summed E-state index contributed by atoms with van der Waals surface area (Å²) in [6, 6.07) is 7.26. The highest BCUT2D eigenvalue weighted by atomic mass is 19.4. The van der Waals surface area contributed by atoms with E-state index in [9.17, 15) is 27.6 Å². The van der Waals surface area contributed by atoms with Crippen molar-refractivity contribution >= 4 is 5.91 Å². The quantitative estimate of drug-likeness (QED) is 0.604. The van der Waals surface area contributed by atoms with Gasteiger partial charge in [0, 0.05) is 31.7 Å². The van der Waals surface area contributed by atoms with Crippen molar-refractivity contribution in [2.45, 2.75) is 39.0 Å². The SMILES string of the molecule is CCCCn1cc(C(=O)NCc2ccncc2)c(=O)n(-c2cccc(C(F)(F)F)c2)c1=O. The van der Waals surface area contributed by atoms with Gasteiger partial charge in [0.25, 0.3) is 11.5 Å². The molecule has 1 aromatic carbocycles. The molecule has 7 nitrogen and oxygen atoms in total. The molecule has 1 amide bonds. The van der Waals surface area contributed by atoms with Crippen molar-refractivity contribution in [3.63, 3.8) is 0 Å². The van der Waals surface area contributed by atoms with Crippen molar-refractivity contribution in [3.05, 3.63) is 92.5 Å². The molecule has 0 fully saturated rings. The van der Waals surface area contributed by atoms with Crippen LogP contribution in [0.3, 0.4) is 0 Å². The molecule has 3 aromatic rings. The van der Waals surface area contributed by atoms with Crippen molar-refractivity contribution in [2.24, 2.45) is 0 Å². The van der Waals surface area contributed by atoms with E-state index in [1.807, 2.05) is 6.92 Å². The van der Waals surface area contributed by atoms with E-state index >= 15 is 0 Å².